The Balaban J connectivity index is 1.90. The molecule has 1 aliphatic rings. The minimum absolute atomic E-state index is 0.250. The Morgan fingerprint density at radius 2 is 2.25 bits per heavy atom. The van der Waals surface area contributed by atoms with Gasteiger partial charge >= 0.3 is 0 Å². The lowest BCUT2D eigenvalue weighted by atomic mass is 9.99. The van der Waals surface area contributed by atoms with Crippen LogP contribution in [-0.4, -0.2) is 32.8 Å². The van der Waals surface area contributed by atoms with Crippen LogP contribution in [0.25, 0.3) is 0 Å². The molecular weight excluding hydrogens is 202 g/mol. The van der Waals surface area contributed by atoms with Crippen LogP contribution < -0.4 is 0 Å². The number of nitriles is 1. The van der Waals surface area contributed by atoms with E-state index >= 15 is 0 Å². The molecule has 0 bridgehead atoms. The SMILES string of the molecule is CCn1ncnc1CN1CCC(C#N)CC1. The second kappa shape index (κ2) is 5.08. The lowest BCUT2D eigenvalue weighted by Crippen LogP contribution is -2.33. The largest absolute Gasteiger partial charge is 0.296 e. The Hall–Kier alpha value is -1.41. The summed E-state index contributed by atoms with van der Waals surface area (Å²) < 4.78 is 1.93. The van der Waals surface area contributed by atoms with E-state index in [1.807, 2.05) is 4.68 Å². The van der Waals surface area contributed by atoms with E-state index in [2.05, 4.69) is 28.0 Å². The van der Waals surface area contributed by atoms with Crippen molar-refractivity contribution in [3.63, 3.8) is 0 Å². The highest BCUT2D eigenvalue weighted by molar-refractivity contribution is 4.90. The van der Waals surface area contributed by atoms with Crippen molar-refractivity contribution in [2.24, 2.45) is 5.92 Å². The number of nitrogens with zero attached hydrogens (tertiary/aromatic N) is 5. The normalized spacial score (nSPS) is 18.5. The maximum atomic E-state index is 8.82. The van der Waals surface area contributed by atoms with Crippen LogP contribution in [0.4, 0.5) is 0 Å². The smallest absolute Gasteiger partial charge is 0.140 e. The first kappa shape index (κ1) is 11.1. The van der Waals surface area contributed by atoms with Gasteiger partial charge in [-0.25, -0.2) is 9.67 Å². The lowest BCUT2D eigenvalue weighted by molar-refractivity contribution is 0.191. The van der Waals surface area contributed by atoms with Crippen molar-refractivity contribution in [1.29, 1.82) is 5.26 Å². The summed E-state index contributed by atoms with van der Waals surface area (Å²) in [4.78, 5) is 6.62. The Morgan fingerprint density at radius 1 is 1.50 bits per heavy atom. The summed E-state index contributed by atoms with van der Waals surface area (Å²) in [7, 11) is 0. The molecule has 0 aromatic carbocycles. The van der Waals surface area contributed by atoms with Gasteiger partial charge in [-0.15, -0.1) is 0 Å². The third-order valence-corrected chi connectivity index (χ3v) is 3.13. The summed E-state index contributed by atoms with van der Waals surface area (Å²) in [6.45, 7) is 5.78. The maximum absolute atomic E-state index is 8.82. The molecule has 1 saturated heterocycles. The van der Waals surface area contributed by atoms with Crippen LogP contribution in [-0.2, 0) is 13.1 Å². The fourth-order valence-corrected chi connectivity index (χ4v) is 2.09. The predicted molar refractivity (Wildman–Crippen MR) is 59.3 cm³/mol. The van der Waals surface area contributed by atoms with Crippen molar-refractivity contribution in [3.05, 3.63) is 12.2 Å². The fourth-order valence-electron chi connectivity index (χ4n) is 2.09. The highest BCUT2D eigenvalue weighted by Gasteiger charge is 2.19. The van der Waals surface area contributed by atoms with Crippen molar-refractivity contribution >= 4 is 0 Å². The van der Waals surface area contributed by atoms with Crippen molar-refractivity contribution in [1.82, 2.24) is 19.7 Å². The maximum Gasteiger partial charge on any atom is 0.140 e. The van der Waals surface area contributed by atoms with Gasteiger partial charge in [0.25, 0.3) is 0 Å². The zero-order valence-electron chi connectivity index (χ0n) is 9.63. The first-order valence-corrected chi connectivity index (χ1v) is 5.82. The number of hydrogen-bond donors (Lipinski definition) is 0. The molecule has 0 aliphatic carbocycles. The lowest BCUT2D eigenvalue weighted by Gasteiger charge is -2.28. The number of likely N-dealkylation sites (tertiary alicyclic amines) is 1. The van der Waals surface area contributed by atoms with Crippen LogP contribution in [0.5, 0.6) is 0 Å². The molecule has 2 rings (SSSR count). The zero-order valence-corrected chi connectivity index (χ0v) is 9.63. The molecule has 0 spiro atoms. The molecular formula is C11H17N5. The molecule has 0 saturated carbocycles. The Morgan fingerprint density at radius 3 is 2.88 bits per heavy atom. The minimum Gasteiger partial charge on any atom is -0.296 e. The monoisotopic (exact) mass is 219 g/mol. The van der Waals surface area contributed by atoms with Gasteiger partial charge in [-0.2, -0.15) is 10.4 Å². The average Bonchev–Trinajstić information content (AvgIpc) is 2.77. The number of piperidine rings is 1. The molecule has 86 valence electrons. The highest BCUT2D eigenvalue weighted by Crippen LogP contribution is 2.17. The van der Waals surface area contributed by atoms with E-state index < -0.39 is 0 Å². The Kier molecular flexibility index (Phi) is 3.52. The summed E-state index contributed by atoms with van der Waals surface area (Å²) >= 11 is 0. The van der Waals surface area contributed by atoms with Gasteiger partial charge in [-0.05, 0) is 32.9 Å². The summed E-state index contributed by atoms with van der Waals surface area (Å²) in [5, 5.41) is 13.0. The summed E-state index contributed by atoms with van der Waals surface area (Å²) in [5.74, 6) is 1.28. The molecule has 0 N–H and O–H groups in total. The van der Waals surface area contributed by atoms with E-state index in [4.69, 9.17) is 5.26 Å². The van der Waals surface area contributed by atoms with Crippen LogP contribution in [0.1, 0.15) is 25.6 Å². The van der Waals surface area contributed by atoms with Crippen molar-refractivity contribution < 1.29 is 0 Å². The Labute approximate surface area is 95.7 Å². The number of rotatable bonds is 3. The third kappa shape index (κ3) is 2.39. The van der Waals surface area contributed by atoms with E-state index in [9.17, 15) is 0 Å². The van der Waals surface area contributed by atoms with Crippen LogP contribution in [0, 0.1) is 17.2 Å². The summed E-state index contributed by atoms with van der Waals surface area (Å²) in [6.07, 6.45) is 3.58. The molecule has 0 unspecified atom stereocenters. The molecule has 0 amide bonds. The standard InChI is InChI=1S/C11H17N5/c1-2-16-11(13-9-14-16)8-15-5-3-10(7-12)4-6-15/h9-10H,2-6,8H2,1H3. The molecule has 5 heteroatoms. The topological polar surface area (TPSA) is 57.7 Å². The van der Waals surface area contributed by atoms with Gasteiger partial charge in [0.1, 0.15) is 12.2 Å². The fraction of sp³-hybridized carbons (Fsp3) is 0.727. The molecule has 0 radical (unpaired) electrons. The van der Waals surface area contributed by atoms with Gasteiger partial charge in [0.15, 0.2) is 0 Å². The summed E-state index contributed by atoms with van der Waals surface area (Å²) in [6, 6.07) is 2.35. The van der Waals surface area contributed by atoms with Gasteiger partial charge in [-0.3, -0.25) is 4.90 Å². The molecule has 1 fully saturated rings. The van der Waals surface area contributed by atoms with Gasteiger partial charge in [0.05, 0.1) is 12.6 Å². The Bertz CT molecular complexity index is 370. The van der Waals surface area contributed by atoms with E-state index in [1.165, 1.54) is 0 Å². The molecule has 1 aromatic rings. The number of aryl methyl sites for hydroxylation is 1. The second-order valence-electron chi connectivity index (χ2n) is 4.17. The van der Waals surface area contributed by atoms with Crippen LogP contribution in [0.2, 0.25) is 0 Å². The second-order valence-corrected chi connectivity index (χ2v) is 4.17. The molecule has 2 heterocycles. The zero-order chi connectivity index (χ0) is 11.4. The summed E-state index contributed by atoms with van der Waals surface area (Å²) in [5.41, 5.74) is 0. The van der Waals surface area contributed by atoms with Gasteiger partial charge in [0, 0.05) is 12.5 Å². The van der Waals surface area contributed by atoms with Gasteiger partial charge in [-0.1, -0.05) is 0 Å². The minimum atomic E-state index is 0.250. The molecule has 5 nitrogen and oxygen atoms in total. The van der Waals surface area contributed by atoms with Gasteiger partial charge in [0.2, 0.25) is 0 Å². The molecule has 1 aromatic heterocycles. The van der Waals surface area contributed by atoms with Crippen LogP contribution >= 0.6 is 0 Å². The third-order valence-electron chi connectivity index (χ3n) is 3.13. The number of aromatic nitrogens is 3. The van der Waals surface area contributed by atoms with Crippen molar-refractivity contribution in [3.8, 4) is 6.07 Å². The number of hydrogen-bond acceptors (Lipinski definition) is 4. The average molecular weight is 219 g/mol. The predicted octanol–water partition coefficient (Wildman–Crippen LogP) is 1.03. The van der Waals surface area contributed by atoms with Crippen molar-refractivity contribution in [2.75, 3.05) is 13.1 Å². The van der Waals surface area contributed by atoms with E-state index in [0.29, 0.717) is 0 Å². The molecule has 0 atom stereocenters. The van der Waals surface area contributed by atoms with E-state index in [1.54, 1.807) is 6.33 Å². The van der Waals surface area contributed by atoms with E-state index in [0.717, 1.165) is 44.8 Å². The molecule has 16 heavy (non-hydrogen) atoms. The van der Waals surface area contributed by atoms with Crippen LogP contribution in [0.15, 0.2) is 6.33 Å². The van der Waals surface area contributed by atoms with E-state index in [-0.39, 0.29) is 5.92 Å². The highest BCUT2D eigenvalue weighted by atomic mass is 15.3. The van der Waals surface area contributed by atoms with Crippen LogP contribution in [0.3, 0.4) is 0 Å². The van der Waals surface area contributed by atoms with Gasteiger partial charge < -0.3 is 0 Å². The first-order chi connectivity index (χ1) is 7.83. The quantitative estimate of drug-likeness (QED) is 0.762. The first-order valence-electron chi connectivity index (χ1n) is 5.82. The molecule has 1 aliphatic heterocycles. The van der Waals surface area contributed by atoms with Crippen molar-refractivity contribution in [2.45, 2.75) is 32.9 Å².